The molecule has 1 fully saturated rings. The highest BCUT2D eigenvalue weighted by Crippen LogP contribution is 2.18. The van der Waals surface area contributed by atoms with Crippen LogP contribution in [0.25, 0.3) is 0 Å². The second-order valence-corrected chi connectivity index (χ2v) is 5.10. The Morgan fingerprint density at radius 2 is 2.17 bits per heavy atom. The van der Waals surface area contributed by atoms with E-state index in [-0.39, 0.29) is 5.91 Å². The first-order valence-corrected chi connectivity index (χ1v) is 6.79. The number of aryl methyl sites for hydroxylation is 1. The van der Waals surface area contributed by atoms with Crippen molar-refractivity contribution in [2.75, 3.05) is 13.1 Å². The average Bonchev–Trinajstić information content (AvgIpc) is 3.12. The van der Waals surface area contributed by atoms with Gasteiger partial charge in [0.15, 0.2) is 0 Å². The molecule has 1 aliphatic carbocycles. The van der Waals surface area contributed by atoms with Gasteiger partial charge in [0.2, 0.25) is 5.91 Å². The largest absolute Gasteiger partial charge is 0.356 e. The van der Waals surface area contributed by atoms with Crippen LogP contribution in [0.15, 0.2) is 24.3 Å². The van der Waals surface area contributed by atoms with Gasteiger partial charge in [0, 0.05) is 12.6 Å². The maximum Gasteiger partial charge on any atom is 0.224 e. The van der Waals surface area contributed by atoms with E-state index >= 15 is 0 Å². The fourth-order valence-corrected chi connectivity index (χ4v) is 1.98. The molecule has 0 aromatic heterocycles. The molecule has 0 spiro atoms. The van der Waals surface area contributed by atoms with Gasteiger partial charge in [-0.2, -0.15) is 0 Å². The third kappa shape index (κ3) is 4.88. The number of nitrogens with one attached hydrogen (secondary N) is 2. The zero-order valence-corrected chi connectivity index (χ0v) is 11.0. The smallest absolute Gasteiger partial charge is 0.224 e. The second kappa shape index (κ2) is 6.55. The van der Waals surface area contributed by atoms with Crippen molar-refractivity contribution >= 4 is 5.91 Å². The highest BCUT2D eigenvalue weighted by molar-refractivity contribution is 5.78. The quantitative estimate of drug-likeness (QED) is 0.720. The molecule has 0 aliphatic heterocycles. The van der Waals surface area contributed by atoms with Gasteiger partial charge in [-0.3, -0.25) is 4.79 Å². The van der Waals surface area contributed by atoms with Gasteiger partial charge in [-0.25, -0.2) is 0 Å². The molecule has 1 amide bonds. The first-order valence-electron chi connectivity index (χ1n) is 6.79. The Balaban J connectivity index is 1.59. The molecule has 98 valence electrons. The van der Waals surface area contributed by atoms with Crippen molar-refractivity contribution in [2.24, 2.45) is 0 Å². The lowest BCUT2D eigenvalue weighted by atomic mass is 10.1. The molecule has 18 heavy (non-hydrogen) atoms. The maximum atomic E-state index is 11.7. The molecule has 2 N–H and O–H groups in total. The third-order valence-electron chi connectivity index (χ3n) is 3.13. The zero-order chi connectivity index (χ0) is 12.8. The Morgan fingerprint density at radius 3 is 2.89 bits per heavy atom. The normalized spacial score (nSPS) is 14.5. The van der Waals surface area contributed by atoms with Crippen LogP contribution in [-0.4, -0.2) is 25.0 Å². The van der Waals surface area contributed by atoms with Gasteiger partial charge < -0.3 is 10.6 Å². The lowest BCUT2D eigenvalue weighted by Crippen LogP contribution is -2.29. The third-order valence-corrected chi connectivity index (χ3v) is 3.13. The lowest BCUT2D eigenvalue weighted by Gasteiger charge is -2.06. The Hall–Kier alpha value is -1.35. The number of amides is 1. The molecule has 1 aromatic carbocycles. The molecule has 1 aromatic rings. The number of rotatable bonds is 7. The average molecular weight is 246 g/mol. The van der Waals surface area contributed by atoms with Gasteiger partial charge in [-0.1, -0.05) is 29.8 Å². The molecule has 1 saturated carbocycles. The van der Waals surface area contributed by atoms with E-state index in [2.05, 4.69) is 16.7 Å². The van der Waals surface area contributed by atoms with Crippen molar-refractivity contribution < 1.29 is 4.79 Å². The summed E-state index contributed by atoms with van der Waals surface area (Å²) in [5, 5.41) is 6.40. The van der Waals surface area contributed by atoms with E-state index in [1.807, 2.05) is 25.1 Å². The molecule has 3 heteroatoms. The first-order chi connectivity index (χ1) is 8.74. The number of hydrogen-bond acceptors (Lipinski definition) is 2. The van der Waals surface area contributed by atoms with Crippen LogP contribution < -0.4 is 10.6 Å². The molecule has 1 aliphatic rings. The summed E-state index contributed by atoms with van der Waals surface area (Å²) in [6.45, 7) is 3.82. The van der Waals surface area contributed by atoms with Crippen LogP contribution in [0.2, 0.25) is 0 Å². The highest BCUT2D eigenvalue weighted by Gasteiger charge is 2.19. The predicted octanol–water partition coefficient (Wildman–Crippen LogP) is 1.80. The molecule has 0 saturated heterocycles. The van der Waals surface area contributed by atoms with E-state index in [4.69, 9.17) is 0 Å². The Morgan fingerprint density at radius 1 is 1.33 bits per heavy atom. The molecule has 0 unspecified atom stereocenters. The summed E-state index contributed by atoms with van der Waals surface area (Å²) < 4.78 is 0. The minimum atomic E-state index is 0.118. The van der Waals surface area contributed by atoms with Gasteiger partial charge >= 0.3 is 0 Å². The van der Waals surface area contributed by atoms with Crippen LogP contribution >= 0.6 is 0 Å². The van der Waals surface area contributed by atoms with Gasteiger partial charge in [-0.15, -0.1) is 0 Å². The predicted molar refractivity (Wildman–Crippen MR) is 73.5 cm³/mol. The highest BCUT2D eigenvalue weighted by atomic mass is 16.1. The summed E-state index contributed by atoms with van der Waals surface area (Å²) in [5.74, 6) is 0.118. The minimum absolute atomic E-state index is 0.118. The van der Waals surface area contributed by atoms with Gasteiger partial charge in [0.05, 0.1) is 6.42 Å². The Bertz CT molecular complexity index is 399. The van der Waals surface area contributed by atoms with Gasteiger partial charge in [0.1, 0.15) is 0 Å². The van der Waals surface area contributed by atoms with E-state index in [1.54, 1.807) is 0 Å². The standard InChI is InChI=1S/C15H22N2O/c1-12-4-2-5-13(10-12)11-15(18)17-9-3-8-16-14-6-7-14/h2,4-5,10,14,16H,3,6-9,11H2,1H3,(H,17,18). The lowest BCUT2D eigenvalue weighted by molar-refractivity contribution is -0.120. The molecular formula is C15H22N2O. The van der Waals surface area contributed by atoms with Crippen molar-refractivity contribution in [3.8, 4) is 0 Å². The molecule has 0 bridgehead atoms. The van der Waals surface area contributed by atoms with E-state index in [1.165, 1.54) is 18.4 Å². The van der Waals surface area contributed by atoms with Crippen LogP contribution in [0.1, 0.15) is 30.4 Å². The molecule has 0 radical (unpaired) electrons. The molecular weight excluding hydrogens is 224 g/mol. The van der Waals surface area contributed by atoms with Crippen LogP contribution in [0.4, 0.5) is 0 Å². The van der Waals surface area contributed by atoms with Gasteiger partial charge in [0.25, 0.3) is 0 Å². The summed E-state index contributed by atoms with van der Waals surface area (Å²) >= 11 is 0. The van der Waals surface area contributed by atoms with Crippen molar-refractivity contribution in [3.05, 3.63) is 35.4 Å². The summed E-state index contributed by atoms with van der Waals surface area (Å²) in [7, 11) is 0. The topological polar surface area (TPSA) is 41.1 Å². The summed E-state index contributed by atoms with van der Waals surface area (Å²) in [6, 6.07) is 8.87. The number of carbonyl (C=O) groups excluding carboxylic acids is 1. The number of carbonyl (C=O) groups is 1. The molecule has 0 heterocycles. The van der Waals surface area contributed by atoms with Crippen molar-refractivity contribution in [3.63, 3.8) is 0 Å². The minimum Gasteiger partial charge on any atom is -0.356 e. The fourth-order valence-electron chi connectivity index (χ4n) is 1.98. The molecule has 3 nitrogen and oxygen atoms in total. The van der Waals surface area contributed by atoms with Crippen LogP contribution in [0.5, 0.6) is 0 Å². The monoisotopic (exact) mass is 246 g/mol. The van der Waals surface area contributed by atoms with Crippen LogP contribution in [0, 0.1) is 6.92 Å². The zero-order valence-electron chi connectivity index (χ0n) is 11.0. The van der Waals surface area contributed by atoms with E-state index in [0.717, 1.165) is 31.1 Å². The number of hydrogen-bond donors (Lipinski definition) is 2. The molecule has 2 rings (SSSR count). The van der Waals surface area contributed by atoms with E-state index in [0.29, 0.717) is 6.42 Å². The van der Waals surface area contributed by atoms with Gasteiger partial charge in [-0.05, 0) is 38.3 Å². The molecule has 0 atom stereocenters. The fraction of sp³-hybridized carbons (Fsp3) is 0.533. The summed E-state index contributed by atoms with van der Waals surface area (Å²) in [6.07, 6.45) is 4.13. The van der Waals surface area contributed by atoms with Crippen molar-refractivity contribution in [1.82, 2.24) is 10.6 Å². The summed E-state index contributed by atoms with van der Waals surface area (Å²) in [5.41, 5.74) is 2.29. The first kappa shape index (κ1) is 13.1. The van der Waals surface area contributed by atoms with Crippen molar-refractivity contribution in [2.45, 2.75) is 38.6 Å². The Kier molecular flexibility index (Phi) is 4.76. The maximum absolute atomic E-state index is 11.7. The van der Waals surface area contributed by atoms with Crippen LogP contribution in [0.3, 0.4) is 0 Å². The van der Waals surface area contributed by atoms with Crippen molar-refractivity contribution in [1.29, 1.82) is 0 Å². The van der Waals surface area contributed by atoms with E-state index < -0.39 is 0 Å². The van der Waals surface area contributed by atoms with E-state index in [9.17, 15) is 4.79 Å². The second-order valence-electron chi connectivity index (χ2n) is 5.10. The summed E-state index contributed by atoms with van der Waals surface area (Å²) in [4.78, 5) is 11.7. The van der Waals surface area contributed by atoms with Crippen LogP contribution in [-0.2, 0) is 11.2 Å². The number of benzene rings is 1. The Labute approximate surface area is 109 Å². The SMILES string of the molecule is Cc1cccc(CC(=O)NCCCNC2CC2)c1.